The van der Waals surface area contributed by atoms with Crippen molar-refractivity contribution in [3.8, 4) is 5.75 Å². The molecule has 0 unspecified atom stereocenters. The fourth-order valence-electron chi connectivity index (χ4n) is 4.42. The van der Waals surface area contributed by atoms with Crippen molar-refractivity contribution in [3.05, 3.63) is 64.8 Å². The summed E-state index contributed by atoms with van der Waals surface area (Å²) in [6, 6.07) is 13.8. The third-order valence-electron chi connectivity index (χ3n) is 6.25. The molecule has 2 aromatic carbocycles. The van der Waals surface area contributed by atoms with Crippen LogP contribution in [0.3, 0.4) is 0 Å². The van der Waals surface area contributed by atoms with Gasteiger partial charge in [-0.25, -0.2) is 4.90 Å². The van der Waals surface area contributed by atoms with Gasteiger partial charge in [0.25, 0.3) is 17.7 Å². The van der Waals surface area contributed by atoms with Crippen molar-refractivity contribution in [3.63, 3.8) is 0 Å². The van der Waals surface area contributed by atoms with Crippen molar-refractivity contribution in [2.24, 2.45) is 0 Å². The van der Waals surface area contributed by atoms with E-state index in [4.69, 9.17) is 16.3 Å². The molecule has 0 atom stereocenters. The highest BCUT2D eigenvalue weighted by Gasteiger charge is 2.39. The van der Waals surface area contributed by atoms with Crippen molar-refractivity contribution >= 4 is 40.7 Å². The van der Waals surface area contributed by atoms with Crippen molar-refractivity contribution in [1.29, 1.82) is 0 Å². The number of anilines is 2. The summed E-state index contributed by atoms with van der Waals surface area (Å²) >= 11 is 6.26. The fourth-order valence-corrected chi connectivity index (χ4v) is 4.63. The lowest BCUT2D eigenvalue weighted by atomic mass is 9.94. The van der Waals surface area contributed by atoms with Crippen LogP contribution >= 0.6 is 11.6 Å². The van der Waals surface area contributed by atoms with Gasteiger partial charge in [0.2, 0.25) is 0 Å². The van der Waals surface area contributed by atoms with Crippen molar-refractivity contribution < 1.29 is 19.1 Å². The van der Waals surface area contributed by atoms with Gasteiger partial charge in [-0.05, 0) is 62.2 Å². The topological polar surface area (TPSA) is 79.0 Å². The molecule has 34 heavy (non-hydrogen) atoms. The Morgan fingerprint density at radius 1 is 1.09 bits per heavy atom. The van der Waals surface area contributed by atoms with Gasteiger partial charge in [0.1, 0.15) is 16.5 Å². The lowest BCUT2D eigenvalue weighted by Crippen LogP contribution is -2.38. The number of rotatable bonds is 7. The van der Waals surface area contributed by atoms with Crippen LogP contribution in [-0.2, 0) is 9.59 Å². The van der Waals surface area contributed by atoms with Gasteiger partial charge in [-0.1, -0.05) is 36.9 Å². The summed E-state index contributed by atoms with van der Waals surface area (Å²) in [5.74, 6) is -0.597. The maximum Gasteiger partial charge on any atom is 0.283 e. The molecule has 2 aliphatic rings. The minimum Gasteiger partial charge on any atom is -0.494 e. The maximum atomic E-state index is 13.1. The zero-order valence-corrected chi connectivity index (χ0v) is 20.1. The molecule has 1 heterocycles. The van der Waals surface area contributed by atoms with Crippen LogP contribution in [-0.4, -0.2) is 42.3 Å². The van der Waals surface area contributed by atoms with Gasteiger partial charge in [-0.15, -0.1) is 0 Å². The highest BCUT2D eigenvalue weighted by atomic mass is 35.5. The van der Waals surface area contributed by atoms with E-state index < -0.39 is 11.8 Å². The monoisotopic (exact) mass is 481 g/mol. The molecular weight excluding hydrogens is 454 g/mol. The van der Waals surface area contributed by atoms with Crippen LogP contribution in [0.25, 0.3) is 0 Å². The number of hydrogen-bond acceptors (Lipinski definition) is 5. The second kappa shape index (κ2) is 10.3. The van der Waals surface area contributed by atoms with Gasteiger partial charge in [0.05, 0.1) is 12.3 Å². The highest BCUT2D eigenvalue weighted by Crippen LogP contribution is 2.31. The molecule has 178 valence electrons. The molecule has 0 bridgehead atoms. The average Bonchev–Trinajstić information content (AvgIpc) is 3.07. The molecule has 4 rings (SSSR count). The Hall–Kier alpha value is -3.32. The van der Waals surface area contributed by atoms with Crippen LogP contribution < -0.4 is 15.0 Å². The standard InChI is InChI=1S/C26H28ClN3O4/c1-3-34-21-14-12-20(13-15-21)30-25(32)22(27)23(26(30)33)28-18-9-7-8-17(16-18)24(31)29(2)19-10-5-4-6-11-19/h7-9,12-16,19,28H,3-6,10-11H2,1-2H3. The summed E-state index contributed by atoms with van der Waals surface area (Å²) in [5.41, 5.74) is 1.39. The lowest BCUT2D eigenvalue weighted by molar-refractivity contribution is -0.120. The number of nitrogens with zero attached hydrogens (tertiary/aromatic N) is 2. The quantitative estimate of drug-likeness (QED) is 0.567. The van der Waals surface area contributed by atoms with E-state index in [1.807, 2.05) is 18.9 Å². The summed E-state index contributed by atoms with van der Waals surface area (Å²) in [4.78, 5) is 41.7. The van der Waals surface area contributed by atoms with E-state index in [0.29, 0.717) is 29.3 Å². The number of hydrogen-bond donors (Lipinski definition) is 1. The summed E-state index contributed by atoms with van der Waals surface area (Å²) in [6.45, 7) is 2.39. The number of benzene rings is 2. The molecule has 1 fully saturated rings. The van der Waals surface area contributed by atoms with Gasteiger partial charge < -0.3 is 15.0 Å². The minimum absolute atomic E-state index is 0.0224. The van der Waals surface area contributed by atoms with Gasteiger partial charge in [0, 0.05) is 24.3 Å². The Morgan fingerprint density at radius 2 is 1.79 bits per heavy atom. The van der Waals surface area contributed by atoms with Crippen LogP contribution in [0.5, 0.6) is 5.75 Å². The Bertz CT molecular complexity index is 1120. The molecule has 0 saturated heterocycles. The van der Waals surface area contributed by atoms with E-state index in [9.17, 15) is 14.4 Å². The van der Waals surface area contributed by atoms with E-state index >= 15 is 0 Å². The number of ether oxygens (including phenoxy) is 1. The summed E-state index contributed by atoms with van der Waals surface area (Å²) in [5, 5.41) is 2.76. The van der Waals surface area contributed by atoms with E-state index in [1.165, 1.54) is 6.42 Å². The molecular formula is C26H28ClN3O4. The largest absolute Gasteiger partial charge is 0.494 e. The molecule has 3 amide bonds. The number of carbonyl (C=O) groups excluding carboxylic acids is 3. The molecule has 2 aromatic rings. The fraction of sp³-hybridized carbons (Fsp3) is 0.346. The van der Waals surface area contributed by atoms with E-state index in [-0.39, 0.29) is 22.7 Å². The Labute approximate surface area is 204 Å². The van der Waals surface area contributed by atoms with Crippen LogP contribution in [0.15, 0.2) is 59.3 Å². The van der Waals surface area contributed by atoms with Gasteiger partial charge in [0.15, 0.2) is 0 Å². The first-order chi connectivity index (χ1) is 16.4. The molecule has 7 nitrogen and oxygen atoms in total. The Kier molecular flexibility index (Phi) is 7.22. The second-order valence-corrected chi connectivity index (χ2v) is 8.85. The smallest absolute Gasteiger partial charge is 0.283 e. The summed E-state index contributed by atoms with van der Waals surface area (Å²) < 4.78 is 5.42. The third kappa shape index (κ3) is 4.80. The zero-order valence-electron chi connectivity index (χ0n) is 19.3. The first-order valence-electron chi connectivity index (χ1n) is 11.6. The predicted molar refractivity (Wildman–Crippen MR) is 132 cm³/mol. The Morgan fingerprint density at radius 3 is 2.47 bits per heavy atom. The van der Waals surface area contributed by atoms with Crippen LogP contribution in [0.4, 0.5) is 11.4 Å². The van der Waals surface area contributed by atoms with Crippen molar-refractivity contribution in [2.45, 2.75) is 45.1 Å². The molecule has 8 heteroatoms. The molecule has 1 N–H and O–H groups in total. The number of carbonyl (C=O) groups is 3. The lowest BCUT2D eigenvalue weighted by Gasteiger charge is -2.31. The highest BCUT2D eigenvalue weighted by molar-refractivity contribution is 6.53. The van der Waals surface area contributed by atoms with Crippen molar-refractivity contribution in [1.82, 2.24) is 4.90 Å². The normalized spacial score (nSPS) is 16.7. The van der Waals surface area contributed by atoms with Crippen LogP contribution in [0.1, 0.15) is 49.4 Å². The van der Waals surface area contributed by atoms with Crippen molar-refractivity contribution in [2.75, 3.05) is 23.9 Å². The van der Waals surface area contributed by atoms with Crippen LogP contribution in [0, 0.1) is 0 Å². The molecule has 1 aliphatic heterocycles. The van der Waals surface area contributed by atoms with Gasteiger partial charge in [-0.3, -0.25) is 14.4 Å². The molecule has 1 aliphatic carbocycles. The second-order valence-electron chi connectivity index (χ2n) is 8.48. The summed E-state index contributed by atoms with van der Waals surface area (Å²) in [7, 11) is 1.84. The first-order valence-corrected chi connectivity index (χ1v) is 11.9. The van der Waals surface area contributed by atoms with Gasteiger partial charge >= 0.3 is 0 Å². The molecule has 1 saturated carbocycles. The molecule has 0 aromatic heterocycles. The SMILES string of the molecule is CCOc1ccc(N2C(=O)C(Cl)=C(Nc3cccc(C(=O)N(C)C4CCCCC4)c3)C2=O)cc1. The Balaban J connectivity index is 1.50. The van der Waals surface area contributed by atoms with E-state index in [0.717, 1.165) is 30.6 Å². The van der Waals surface area contributed by atoms with E-state index in [2.05, 4.69) is 5.32 Å². The first kappa shape index (κ1) is 23.8. The molecule has 0 spiro atoms. The van der Waals surface area contributed by atoms with Crippen LogP contribution in [0.2, 0.25) is 0 Å². The maximum absolute atomic E-state index is 13.1. The number of halogens is 1. The zero-order chi connectivity index (χ0) is 24.2. The minimum atomic E-state index is -0.609. The van der Waals surface area contributed by atoms with Gasteiger partial charge in [-0.2, -0.15) is 0 Å². The number of imide groups is 1. The number of nitrogens with one attached hydrogen (secondary N) is 1. The van der Waals surface area contributed by atoms with E-state index in [1.54, 1.807) is 48.5 Å². The third-order valence-corrected chi connectivity index (χ3v) is 6.61. The molecule has 0 radical (unpaired) electrons. The number of amides is 3. The predicted octanol–water partition coefficient (Wildman–Crippen LogP) is 4.93. The summed E-state index contributed by atoms with van der Waals surface area (Å²) in [6.07, 6.45) is 5.52. The average molecular weight is 482 g/mol.